The summed E-state index contributed by atoms with van der Waals surface area (Å²) in [5.74, 6) is 0. The van der Waals surface area contributed by atoms with Crippen LogP contribution in [0.5, 0.6) is 0 Å². The van der Waals surface area contributed by atoms with Gasteiger partial charge in [-0.2, -0.15) is 5.48 Å². The van der Waals surface area contributed by atoms with Gasteiger partial charge < -0.3 is 23.8 Å². The van der Waals surface area contributed by atoms with Crippen molar-refractivity contribution in [1.29, 1.82) is 0 Å². The second-order valence-electron chi connectivity index (χ2n) is 7.70. The summed E-state index contributed by atoms with van der Waals surface area (Å²) in [4.78, 5) is 5.95. The van der Waals surface area contributed by atoms with Gasteiger partial charge in [0.1, 0.15) is 0 Å². The van der Waals surface area contributed by atoms with E-state index in [1.54, 1.807) is 0 Å². The Hall–Kier alpha value is 0.620. The molecule has 182 valence electrons. The third-order valence-electron chi connectivity index (χ3n) is 5.34. The summed E-state index contributed by atoms with van der Waals surface area (Å²) in [7, 11) is 0.901. The quantitative estimate of drug-likeness (QED) is 0.113. The number of hydroxylamine groups is 1. The first-order chi connectivity index (χ1) is 14.1. The first-order valence-electron chi connectivity index (χ1n) is 11.6. The summed E-state index contributed by atoms with van der Waals surface area (Å²) in [6, 6.07) is 0. The van der Waals surface area contributed by atoms with Crippen LogP contribution in [0.3, 0.4) is 0 Å². The van der Waals surface area contributed by atoms with Crippen LogP contribution in [0.2, 0.25) is 0 Å². The smallest absolute Gasteiger partial charge is 0.181 e. The Morgan fingerprint density at radius 3 is 1.33 bits per heavy atom. The average molecular weight is 470 g/mol. The molecule has 0 spiro atoms. The van der Waals surface area contributed by atoms with Gasteiger partial charge in [-0.3, -0.25) is 0 Å². The minimum Gasteiger partial charge on any atom is -0.347 e. The van der Waals surface area contributed by atoms with Gasteiger partial charge in [0.05, 0.1) is 12.1 Å². The molecule has 1 N–H and O–H groups in total. The van der Waals surface area contributed by atoms with Gasteiger partial charge in [0.25, 0.3) is 0 Å². The monoisotopic (exact) mass is 469 g/mol. The molecule has 0 rings (SSSR count). The number of nitrogens with one attached hydrogen (secondary N) is 1. The lowest BCUT2D eigenvalue weighted by molar-refractivity contribution is -0.157. The second-order valence-corrected chi connectivity index (χ2v) is 11.8. The van der Waals surface area contributed by atoms with E-state index in [1.807, 2.05) is 27.7 Å². The Bertz CT molecular complexity index is 400. The average Bonchev–Trinajstić information content (AvgIpc) is 2.65. The van der Waals surface area contributed by atoms with Crippen LogP contribution in [-0.4, -0.2) is 60.9 Å². The fraction of sp³-hybridized carbons (Fsp3) is 1.00. The van der Waals surface area contributed by atoms with Gasteiger partial charge >= 0.3 is 0 Å². The van der Waals surface area contributed by atoms with Crippen LogP contribution >= 0.6 is 17.2 Å². The molecular weight excluding hydrogens is 420 g/mol. The summed E-state index contributed by atoms with van der Waals surface area (Å²) in [5, 5.41) is 0. The van der Waals surface area contributed by atoms with Gasteiger partial charge in [-0.05, 0) is 65.7 Å². The molecular formula is C22H49NO5P2. The molecule has 0 aliphatic heterocycles. The van der Waals surface area contributed by atoms with Crippen LogP contribution in [0, 0.1) is 0 Å². The molecule has 0 aliphatic rings. The zero-order chi connectivity index (χ0) is 23.3. The third kappa shape index (κ3) is 9.63. The van der Waals surface area contributed by atoms with Crippen molar-refractivity contribution in [3.63, 3.8) is 0 Å². The zero-order valence-electron chi connectivity index (χ0n) is 21.1. The maximum absolute atomic E-state index is 6.04. The second kappa shape index (κ2) is 15.5. The predicted octanol–water partition coefficient (Wildman–Crippen LogP) is 5.69. The van der Waals surface area contributed by atoms with Crippen molar-refractivity contribution >= 4 is 17.2 Å². The van der Waals surface area contributed by atoms with E-state index in [0.717, 1.165) is 12.8 Å². The Kier molecular flexibility index (Phi) is 15.8. The first-order valence-corrected chi connectivity index (χ1v) is 13.8. The van der Waals surface area contributed by atoms with E-state index in [9.17, 15) is 0 Å². The molecule has 4 atom stereocenters. The molecule has 4 unspecified atom stereocenters. The van der Waals surface area contributed by atoms with Crippen LogP contribution in [0.4, 0.5) is 0 Å². The highest BCUT2D eigenvalue weighted by Gasteiger charge is 2.46. The van der Waals surface area contributed by atoms with Gasteiger partial charge in [-0.25, -0.2) is 0 Å². The van der Waals surface area contributed by atoms with Gasteiger partial charge in [-0.1, -0.05) is 44.9 Å². The molecule has 0 bridgehead atoms. The van der Waals surface area contributed by atoms with E-state index in [-0.39, 0.29) is 16.9 Å². The van der Waals surface area contributed by atoms with Crippen LogP contribution in [0.25, 0.3) is 0 Å². The highest BCUT2D eigenvalue weighted by molar-refractivity contribution is 7.41. The normalized spacial score (nSPS) is 17.8. The van der Waals surface area contributed by atoms with Crippen LogP contribution in [0.15, 0.2) is 0 Å². The number of hydrogen-bond donors (Lipinski definition) is 1. The lowest BCUT2D eigenvalue weighted by Gasteiger charge is -2.48. The Morgan fingerprint density at radius 1 is 0.700 bits per heavy atom. The minimum atomic E-state index is -0.595. The van der Waals surface area contributed by atoms with Crippen molar-refractivity contribution in [3.8, 4) is 0 Å². The molecule has 0 aromatic heterocycles. The molecule has 0 heterocycles. The summed E-state index contributed by atoms with van der Waals surface area (Å²) in [6.45, 7) is 24.2. The van der Waals surface area contributed by atoms with E-state index in [0.29, 0.717) is 50.2 Å². The van der Waals surface area contributed by atoms with Crippen molar-refractivity contribution < 1.29 is 23.8 Å². The maximum atomic E-state index is 6.04. The molecule has 30 heavy (non-hydrogen) atoms. The fourth-order valence-corrected chi connectivity index (χ4v) is 8.11. The molecule has 0 saturated carbocycles. The third-order valence-corrected chi connectivity index (χ3v) is 8.86. The summed E-state index contributed by atoms with van der Waals surface area (Å²) < 4.78 is 24.2. The number of ether oxygens (including phenoxy) is 4. The lowest BCUT2D eigenvalue weighted by Crippen LogP contribution is -2.59. The Morgan fingerprint density at radius 2 is 1.07 bits per heavy atom. The van der Waals surface area contributed by atoms with Crippen LogP contribution in [-0.2, 0) is 23.8 Å². The minimum absolute atomic E-state index is 0.253. The summed E-state index contributed by atoms with van der Waals surface area (Å²) in [6.07, 6.45) is 1.88. The molecule has 6 nitrogen and oxygen atoms in total. The highest BCUT2D eigenvalue weighted by atomic mass is 31.1. The van der Waals surface area contributed by atoms with Crippen molar-refractivity contribution in [2.75, 3.05) is 33.0 Å². The van der Waals surface area contributed by atoms with E-state index < -0.39 is 11.1 Å². The summed E-state index contributed by atoms with van der Waals surface area (Å²) in [5.41, 5.74) is 2.57. The van der Waals surface area contributed by atoms with Crippen molar-refractivity contribution in [2.45, 2.75) is 110 Å². The van der Waals surface area contributed by atoms with Crippen molar-refractivity contribution in [2.24, 2.45) is 0 Å². The van der Waals surface area contributed by atoms with Crippen molar-refractivity contribution in [3.05, 3.63) is 0 Å². The molecule has 0 radical (unpaired) electrons. The summed E-state index contributed by atoms with van der Waals surface area (Å²) >= 11 is 0. The standard InChI is InChI=1S/C22H49NO5P2/c1-11-17-28-23-22(12-2,18(7)29-20(9,24-13-3)25-14-4)19(8)30-21(10,26-15-5)27-16-6/h18-19,23,29-30H,11-17H2,1-10H3. The largest absolute Gasteiger partial charge is 0.347 e. The number of rotatable bonds is 19. The molecule has 0 aliphatic carbocycles. The van der Waals surface area contributed by atoms with E-state index in [1.165, 1.54) is 0 Å². The fourth-order valence-electron chi connectivity index (χ4n) is 3.92. The molecule has 0 aromatic carbocycles. The zero-order valence-corrected chi connectivity index (χ0v) is 23.1. The van der Waals surface area contributed by atoms with E-state index in [4.69, 9.17) is 23.8 Å². The molecule has 0 fully saturated rings. The van der Waals surface area contributed by atoms with Crippen LogP contribution < -0.4 is 5.48 Å². The molecule has 0 amide bonds. The Balaban J connectivity index is 5.82. The maximum Gasteiger partial charge on any atom is 0.181 e. The first kappa shape index (κ1) is 30.6. The van der Waals surface area contributed by atoms with E-state index >= 15 is 0 Å². The molecule has 0 saturated heterocycles. The molecule has 0 aromatic rings. The predicted molar refractivity (Wildman–Crippen MR) is 131 cm³/mol. The van der Waals surface area contributed by atoms with Crippen molar-refractivity contribution in [1.82, 2.24) is 5.48 Å². The van der Waals surface area contributed by atoms with Gasteiger partial charge in [0, 0.05) is 26.4 Å². The highest BCUT2D eigenvalue weighted by Crippen LogP contribution is 2.50. The SMILES string of the molecule is CCCONC(CC)(C(C)PC(C)(OCC)OCC)C(C)PC(C)(OCC)OCC. The lowest BCUT2D eigenvalue weighted by atomic mass is 9.90. The van der Waals surface area contributed by atoms with Gasteiger partial charge in [-0.15, -0.1) is 0 Å². The van der Waals surface area contributed by atoms with Gasteiger partial charge in [0.2, 0.25) is 0 Å². The molecule has 8 heteroatoms. The topological polar surface area (TPSA) is 58.2 Å². The van der Waals surface area contributed by atoms with Crippen LogP contribution in [0.1, 0.15) is 82.1 Å². The number of hydrogen-bond acceptors (Lipinski definition) is 6. The Labute approximate surface area is 189 Å². The van der Waals surface area contributed by atoms with Gasteiger partial charge in [0.15, 0.2) is 11.1 Å². The van der Waals surface area contributed by atoms with E-state index in [2.05, 4.69) is 47.0 Å².